The molecule has 0 radical (unpaired) electrons. The van der Waals surface area contributed by atoms with E-state index in [2.05, 4.69) is 37.0 Å². The van der Waals surface area contributed by atoms with Crippen molar-refractivity contribution >= 4 is 23.0 Å². The highest BCUT2D eigenvalue weighted by Gasteiger charge is 2.30. The number of carbonyl (C=O) groups excluding carboxylic acids is 1. The Kier molecular flexibility index (Phi) is 6.94. The number of benzene rings is 2. The van der Waals surface area contributed by atoms with Crippen LogP contribution in [0.15, 0.2) is 35.8 Å². The number of likely N-dealkylation sites (N-methyl/N-ethyl adjacent to an activating group) is 1. The summed E-state index contributed by atoms with van der Waals surface area (Å²) in [4.78, 5) is 14.5. The fourth-order valence-electron chi connectivity index (χ4n) is 5.12. The van der Waals surface area contributed by atoms with Crippen LogP contribution >= 0.6 is 0 Å². The first-order valence-electron chi connectivity index (χ1n) is 11.7. The van der Waals surface area contributed by atoms with Crippen molar-refractivity contribution < 1.29 is 23.7 Å². The lowest BCUT2D eigenvalue weighted by atomic mass is 9.82. The van der Waals surface area contributed by atoms with E-state index in [0.717, 1.165) is 49.1 Å². The number of hydrogen-bond acceptors (Lipinski definition) is 6. The molecule has 0 bridgehead atoms. The van der Waals surface area contributed by atoms with Crippen LogP contribution in [0, 0.1) is 0 Å². The molecular weight excluding hydrogens is 418 g/mol. The minimum Gasteiger partial charge on any atom is -0.493 e. The van der Waals surface area contributed by atoms with Crippen LogP contribution in [-0.2, 0) is 33.6 Å². The van der Waals surface area contributed by atoms with Gasteiger partial charge >= 0.3 is 6.16 Å². The van der Waals surface area contributed by atoms with Crippen LogP contribution in [-0.4, -0.2) is 44.5 Å². The lowest BCUT2D eigenvalue weighted by Gasteiger charge is -2.38. The molecule has 6 nitrogen and oxygen atoms in total. The second kappa shape index (κ2) is 9.87. The van der Waals surface area contributed by atoms with Crippen molar-refractivity contribution in [3.05, 3.63) is 58.0 Å². The summed E-state index contributed by atoms with van der Waals surface area (Å²) >= 11 is 0. The summed E-state index contributed by atoms with van der Waals surface area (Å²) in [6.07, 6.45) is 6.31. The van der Waals surface area contributed by atoms with Gasteiger partial charge in [0, 0.05) is 12.6 Å². The van der Waals surface area contributed by atoms with Crippen molar-refractivity contribution in [2.24, 2.45) is 0 Å². The molecule has 0 aromatic heterocycles. The zero-order valence-electron chi connectivity index (χ0n) is 20.2. The van der Waals surface area contributed by atoms with E-state index < -0.39 is 6.16 Å². The quantitative estimate of drug-likeness (QED) is 0.421. The molecule has 4 rings (SSSR count). The Morgan fingerprint density at radius 2 is 1.82 bits per heavy atom. The van der Waals surface area contributed by atoms with Gasteiger partial charge < -0.3 is 18.9 Å². The first-order valence-corrected chi connectivity index (χ1v) is 11.7. The van der Waals surface area contributed by atoms with E-state index in [-0.39, 0.29) is 6.61 Å². The molecule has 2 aromatic rings. The van der Waals surface area contributed by atoms with Gasteiger partial charge in [-0.2, -0.15) is 0 Å². The average Bonchev–Trinajstić information content (AvgIpc) is 3.02. The number of fused-ring (bicyclic) bond motifs is 6. The molecule has 0 spiro atoms. The van der Waals surface area contributed by atoms with Crippen LogP contribution in [0.25, 0.3) is 16.8 Å². The number of allylic oxidation sites excluding steroid dienone is 1. The Morgan fingerprint density at radius 1 is 1.03 bits per heavy atom. The van der Waals surface area contributed by atoms with Gasteiger partial charge in [0.05, 0.1) is 20.8 Å². The summed E-state index contributed by atoms with van der Waals surface area (Å²) in [6, 6.07) is 6.39. The molecule has 2 aliphatic rings. The van der Waals surface area contributed by atoms with Crippen LogP contribution in [0.1, 0.15) is 49.4 Å². The number of carbonyl (C=O) groups is 1. The molecule has 176 valence electrons. The van der Waals surface area contributed by atoms with Gasteiger partial charge in [-0.25, -0.2) is 4.79 Å². The molecule has 1 aliphatic carbocycles. The molecule has 6 heteroatoms. The zero-order chi connectivity index (χ0) is 23.5. The molecule has 0 amide bonds. The van der Waals surface area contributed by atoms with Crippen LogP contribution in [0.2, 0.25) is 0 Å². The Hall–Kier alpha value is -2.99. The Labute approximate surface area is 195 Å². The third-order valence-electron chi connectivity index (χ3n) is 6.77. The molecule has 0 fully saturated rings. The zero-order valence-corrected chi connectivity index (χ0v) is 20.2. The van der Waals surface area contributed by atoms with Crippen molar-refractivity contribution in [1.82, 2.24) is 4.90 Å². The lowest BCUT2D eigenvalue weighted by molar-refractivity contribution is 0.104. The van der Waals surface area contributed by atoms with Gasteiger partial charge in [-0.3, -0.25) is 4.90 Å². The number of methoxy groups -OCH3 is 2. The van der Waals surface area contributed by atoms with E-state index in [4.69, 9.17) is 18.9 Å². The summed E-state index contributed by atoms with van der Waals surface area (Å²) in [7, 11) is 3.32. The van der Waals surface area contributed by atoms with Crippen molar-refractivity contribution in [2.75, 3.05) is 27.4 Å². The maximum absolute atomic E-state index is 11.9. The smallest absolute Gasteiger partial charge is 0.493 e. The van der Waals surface area contributed by atoms with Gasteiger partial charge in [0.2, 0.25) is 0 Å². The third kappa shape index (κ3) is 4.32. The third-order valence-corrected chi connectivity index (χ3v) is 6.77. The van der Waals surface area contributed by atoms with Gasteiger partial charge in [-0.1, -0.05) is 19.9 Å². The largest absolute Gasteiger partial charge is 0.513 e. The predicted octanol–water partition coefficient (Wildman–Crippen LogP) is 5.61. The van der Waals surface area contributed by atoms with Crippen LogP contribution in [0.3, 0.4) is 0 Å². The molecule has 0 saturated heterocycles. The van der Waals surface area contributed by atoms with E-state index in [0.29, 0.717) is 17.6 Å². The lowest BCUT2D eigenvalue weighted by Crippen LogP contribution is -2.40. The molecule has 33 heavy (non-hydrogen) atoms. The van der Waals surface area contributed by atoms with Gasteiger partial charge in [-0.15, -0.1) is 0 Å². The molecule has 1 heterocycles. The minimum atomic E-state index is -0.693. The van der Waals surface area contributed by atoms with Gasteiger partial charge in [0.15, 0.2) is 11.5 Å². The van der Waals surface area contributed by atoms with E-state index in [1.807, 2.05) is 12.1 Å². The van der Waals surface area contributed by atoms with Crippen LogP contribution in [0.4, 0.5) is 4.79 Å². The topological polar surface area (TPSA) is 57.2 Å². The minimum absolute atomic E-state index is 0.271. The van der Waals surface area contributed by atoms with Crippen LogP contribution in [0.5, 0.6) is 5.75 Å². The van der Waals surface area contributed by atoms with E-state index in [9.17, 15) is 4.79 Å². The maximum Gasteiger partial charge on any atom is 0.513 e. The average molecular weight is 452 g/mol. The van der Waals surface area contributed by atoms with Crippen LogP contribution < -0.4 is 4.74 Å². The van der Waals surface area contributed by atoms with Gasteiger partial charge in [-0.05, 0) is 90.0 Å². The number of hydrogen-bond donors (Lipinski definition) is 0. The molecule has 1 aliphatic heterocycles. The van der Waals surface area contributed by atoms with E-state index in [1.54, 1.807) is 21.1 Å². The molecule has 0 saturated carbocycles. The summed E-state index contributed by atoms with van der Waals surface area (Å²) < 4.78 is 21.7. The monoisotopic (exact) mass is 451 g/mol. The van der Waals surface area contributed by atoms with E-state index >= 15 is 0 Å². The molecule has 2 aromatic carbocycles. The molecule has 1 atom stereocenters. The predicted molar refractivity (Wildman–Crippen MR) is 129 cm³/mol. The highest BCUT2D eigenvalue weighted by atomic mass is 16.7. The first-order chi connectivity index (χ1) is 16.0. The van der Waals surface area contributed by atoms with E-state index in [1.165, 1.54) is 22.1 Å². The Morgan fingerprint density at radius 3 is 2.48 bits per heavy atom. The number of rotatable bonds is 6. The first kappa shape index (κ1) is 23.2. The normalized spacial score (nSPS) is 17.9. The molecule has 1 unspecified atom stereocenters. The highest BCUT2D eigenvalue weighted by molar-refractivity contribution is 5.97. The van der Waals surface area contributed by atoms with Crippen molar-refractivity contribution in [3.8, 4) is 5.75 Å². The summed E-state index contributed by atoms with van der Waals surface area (Å²) in [5.41, 5.74) is 5.15. The molecular formula is C27H33NO5. The Balaban J connectivity index is 1.96. The fourth-order valence-corrected chi connectivity index (χ4v) is 5.12. The Bertz CT molecular complexity index is 1120. The summed E-state index contributed by atoms with van der Waals surface area (Å²) in [5.74, 6) is 1.88. The second-order valence-electron chi connectivity index (χ2n) is 8.36. The molecule has 0 N–H and O–H groups in total. The SMILES string of the molecule is CCOC(=O)Oc1ccc2c3c(c4c(c2c1)C=C(OC)C(OC)=CC4)CN(CC)C(CC)C3. The van der Waals surface area contributed by atoms with Crippen molar-refractivity contribution in [1.29, 1.82) is 0 Å². The fraction of sp³-hybridized carbons (Fsp3) is 0.444. The summed E-state index contributed by atoms with van der Waals surface area (Å²) in [6.45, 7) is 8.47. The standard InChI is InChI=1S/C27H33NO5/c1-6-17-13-21-19-10-9-18(33-27(29)32-8-3)14-22(19)23-15-26(31-5)25(30-4)12-11-20(23)24(21)16-28(17)7-2/h9-10,12,14-15,17H,6-8,11,13,16H2,1-5H3. The van der Waals surface area contributed by atoms with Gasteiger partial charge in [0.25, 0.3) is 0 Å². The number of nitrogens with zero attached hydrogens (tertiary/aromatic N) is 1. The van der Waals surface area contributed by atoms with Crippen molar-refractivity contribution in [2.45, 2.75) is 52.6 Å². The highest BCUT2D eigenvalue weighted by Crippen LogP contribution is 2.41. The number of ether oxygens (including phenoxy) is 4. The van der Waals surface area contributed by atoms with Gasteiger partial charge in [0.1, 0.15) is 5.75 Å². The van der Waals surface area contributed by atoms with Crippen molar-refractivity contribution in [3.63, 3.8) is 0 Å². The maximum atomic E-state index is 11.9. The second-order valence-corrected chi connectivity index (χ2v) is 8.36. The summed E-state index contributed by atoms with van der Waals surface area (Å²) in [5, 5.41) is 2.24.